The molecule has 1 heterocycles. The third-order valence-electron chi connectivity index (χ3n) is 3.06. The zero-order valence-corrected chi connectivity index (χ0v) is 11.0. The first-order valence-electron chi connectivity index (χ1n) is 5.47. The van der Waals surface area contributed by atoms with Crippen LogP contribution in [0.4, 0.5) is 0 Å². The highest BCUT2D eigenvalue weighted by Crippen LogP contribution is 2.29. The summed E-state index contributed by atoms with van der Waals surface area (Å²) in [4.78, 5) is 14.3. The Morgan fingerprint density at radius 2 is 2.25 bits per heavy atom. The second-order valence-corrected chi connectivity index (χ2v) is 5.02. The van der Waals surface area contributed by atoms with Crippen molar-refractivity contribution in [2.75, 3.05) is 7.05 Å². The topological polar surface area (TPSA) is 40.5 Å². The van der Waals surface area contributed by atoms with Crippen LogP contribution in [0.5, 0.6) is 0 Å². The quantitative estimate of drug-likeness (QED) is 0.861. The predicted molar refractivity (Wildman–Crippen MR) is 66.9 cm³/mol. The van der Waals surface area contributed by atoms with Crippen LogP contribution in [-0.4, -0.2) is 29.1 Å². The summed E-state index contributed by atoms with van der Waals surface area (Å²) in [6.45, 7) is 6.03. The van der Waals surface area contributed by atoms with E-state index in [0.29, 0.717) is 6.42 Å². The number of nitrogens with zero attached hydrogens (tertiary/aromatic N) is 1. The molecule has 0 aliphatic heterocycles. The van der Waals surface area contributed by atoms with Crippen LogP contribution in [0.3, 0.4) is 0 Å². The lowest BCUT2D eigenvalue weighted by molar-refractivity contribution is -0.143. The molecule has 0 spiro atoms. The summed E-state index contributed by atoms with van der Waals surface area (Å²) in [5.74, 6) is -0.744. The second kappa shape index (κ2) is 5.46. The maximum atomic E-state index is 11.1. The molecule has 0 aliphatic rings. The molecule has 0 saturated heterocycles. The Morgan fingerprint density at radius 1 is 1.62 bits per heavy atom. The zero-order valence-electron chi connectivity index (χ0n) is 10.2. The summed E-state index contributed by atoms with van der Waals surface area (Å²) in [6.07, 6.45) is 0.626. The van der Waals surface area contributed by atoms with E-state index in [1.54, 1.807) is 11.3 Å². The number of carboxylic acids is 1. The number of carbonyl (C=O) groups is 1. The van der Waals surface area contributed by atoms with Crippen molar-refractivity contribution >= 4 is 17.3 Å². The van der Waals surface area contributed by atoms with Crippen molar-refractivity contribution in [2.24, 2.45) is 0 Å². The zero-order chi connectivity index (χ0) is 12.3. The summed E-state index contributed by atoms with van der Waals surface area (Å²) in [5.41, 5.74) is 1.24. The minimum absolute atomic E-state index is 0.154. The van der Waals surface area contributed by atoms with Gasteiger partial charge < -0.3 is 5.11 Å². The van der Waals surface area contributed by atoms with Crippen LogP contribution in [0.15, 0.2) is 11.4 Å². The maximum absolute atomic E-state index is 11.1. The van der Waals surface area contributed by atoms with Crippen molar-refractivity contribution in [2.45, 2.75) is 39.3 Å². The molecule has 4 heteroatoms. The number of aryl methyl sites for hydroxylation is 1. The number of rotatable bonds is 5. The largest absolute Gasteiger partial charge is 0.480 e. The van der Waals surface area contributed by atoms with Gasteiger partial charge in [0.05, 0.1) is 0 Å². The molecule has 1 aromatic heterocycles. The van der Waals surface area contributed by atoms with Gasteiger partial charge in [-0.25, -0.2) is 0 Å². The van der Waals surface area contributed by atoms with E-state index in [0.717, 1.165) is 0 Å². The molecular weight excluding hydrogens is 222 g/mol. The first-order chi connectivity index (χ1) is 7.49. The van der Waals surface area contributed by atoms with Crippen molar-refractivity contribution in [1.29, 1.82) is 0 Å². The van der Waals surface area contributed by atoms with Crippen LogP contribution < -0.4 is 0 Å². The lowest BCUT2D eigenvalue weighted by atomic mass is 10.1. The van der Waals surface area contributed by atoms with E-state index < -0.39 is 12.0 Å². The average molecular weight is 241 g/mol. The van der Waals surface area contributed by atoms with Gasteiger partial charge in [-0.2, -0.15) is 0 Å². The number of likely N-dealkylation sites (N-methyl/N-ethyl adjacent to an activating group) is 1. The lowest BCUT2D eigenvalue weighted by Crippen LogP contribution is -2.39. The molecule has 0 amide bonds. The van der Waals surface area contributed by atoms with Crippen LogP contribution in [0.25, 0.3) is 0 Å². The van der Waals surface area contributed by atoms with Gasteiger partial charge in [0.15, 0.2) is 0 Å². The van der Waals surface area contributed by atoms with E-state index in [-0.39, 0.29) is 6.04 Å². The fourth-order valence-corrected chi connectivity index (χ4v) is 2.94. The minimum atomic E-state index is -0.744. The van der Waals surface area contributed by atoms with Crippen LogP contribution in [0.1, 0.15) is 36.8 Å². The Morgan fingerprint density at radius 3 is 2.62 bits per heavy atom. The first-order valence-corrected chi connectivity index (χ1v) is 6.35. The highest BCUT2D eigenvalue weighted by molar-refractivity contribution is 7.10. The van der Waals surface area contributed by atoms with Gasteiger partial charge in [0, 0.05) is 10.9 Å². The maximum Gasteiger partial charge on any atom is 0.320 e. The first kappa shape index (κ1) is 13.2. The highest BCUT2D eigenvalue weighted by atomic mass is 32.1. The SMILES string of the molecule is CCC(C(=O)O)N(C)C(C)c1sccc1C. The molecule has 1 rings (SSSR count). The summed E-state index contributed by atoms with van der Waals surface area (Å²) >= 11 is 1.69. The highest BCUT2D eigenvalue weighted by Gasteiger charge is 2.26. The van der Waals surface area contributed by atoms with E-state index in [1.165, 1.54) is 10.4 Å². The third-order valence-corrected chi connectivity index (χ3v) is 4.24. The van der Waals surface area contributed by atoms with Crippen molar-refractivity contribution in [3.63, 3.8) is 0 Å². The van der Waals surface area contributed by atoms with Crippen molar-refractivity contribution in [3.8, 4) is 0 Å². The predicted octanol–water partition coefficient (Wildman–Crippen LogP) is 2.91. The second-order valence-electron chi connectivity index (χ2n) is 4.07. The van der Waals surface area contributed by atoms with Crippen LogP contribution in [0.2, 0.25) is 0 Å². The minimum Gasteiger partial charge on any atom is -0.480 e. The van der Waals surface area contributed by atoms with Crippen LogP contribution in [-0.2, 0) is 4.79 Å². The number of hydrogen-bond donors (Lipinski definition) is 1. The van der Waals surface area contributed by atoms with Crippen LogP contribution >= 0.6 is 11.3 Å². The summed E-state index contributed by atoms with van der Waals surface area (Å²) < 4.78 is 0. The molecule has 1 aromatic rings. The van der Waals surface area contributed by atoms with Crippen LogP contribution in [0, 0.1) is 6.92 Å². The fourth-order valence-electron chi connectivity index (χ4n) is 1.90. The van der Waals surface area contributed by atoms with Gasteiger partial charge in [-0.3, -0.25) is 9.69 Å². The molecule has 1 N–H and O–H groups in total. The Labute approximate surface area is 101 Å². The monoisotopic (exact) mass is 241 g/mol. The van der Waals surface area contributed by atoms with Gasteiger partial charge in [0.25, 0.3) is 0 Å². The van der Waals surface area contributed by atoms with Gasteiger partial charge >= 0.3 is 5.97 Å². The average Bonchev–Trinajstić information content (AvgIpc) is 2.63. The molecule has 0 radical (unpaired) electrons. The number of hydrogen-bond acceptors (Lipinski definition) is 3. The van der Waals surface area contributed by atoms with Gasteiger partial charge in [-0.1, -0.05) is 6.92 Å². The van der Waals surface area contributed by atoms with E-state index in [4.69, 9.17) is 5.11 Å². The van der Waals surface area contributed by atoms with Crippen molar-refractivity contribution < 1.29 is 9.90 Å². The molecule has 3 nitrogen and oxygen atoms in total. The molecular formula is C12H19NO2S. The Kier molecular flexibility index (Phi) is 4.50. The van der Waals surface area contributed by atoms with E-state index in [1.807, 2.05) is 18.9 Å². The number of thiophene rings is 1. The van der Waals surface area contributed by atoms with Gasteiger partial charge in [0.2, 0.25) is 0 Å². The third kappa shape index (κ3) is 2.62. The molecule has 0 saturated carbocycles. The Hall–Kier alpha value is -0.870. The summed E-state index contributed by atoms with van der Waals surface area (Å²) in [6, 6.07) is 1.82. The molecule has 2 unspecified atom stereocenters. The van der Waals surface area contributed by atoms with Crippen molar-refractivity contribution in [3.05, 3.63) is 21.9 Å². The van der Waals surface area contributed by atoms with Gasteiger partial charge in [-0.05, 0) is 44.3 Å². The van der Waals surface area contributed by atoms with Gasteiger partial charge in [0.1, 0.15) is 6.04 Å². The molecule has 90 valence electrons. The summed E-state index contributed by atoms with van der Waals surface area (Å²) in [7, 11) is 1.88. The standard InChI is InChI=1S/C12H19NO2S/c1-5-10(12(14)15)13(4)9(3)11-8(2)6-7-16-11/h6-7,9-10H,5H2,1-4H3,(H,14,15). The van der Waals surface area contributed by atoms with E-state index in [2.05, 4.69) is 25.3 Å². The lowest BCUT2D eigenvalue weighted by Gasteiger charge is -2.29. The molecule has 0 bridgehead atoms. The number of carboxylic acid groups (broad SMARTS) is 1. The van der Waals surface area contributed by atoms with Crippen molar-refractivity contribution in [1.82, 2.24) is 4.90 Å². The molecule has 2 atom stereocenters. The molecule has 0 aromatic carbocycles. The molecule has 0 fully saturated rings. The van der Waals surface area contributed by atoms with Gasteiger partial charge in [-0.15, -0.1) is 11.3 Å². The normalized spacial score (nSPS) is 15.1. The smallest absolute Gasteiger partial charge is 0.320 e. The number of aliphatic carboxylic acids is 1. The molecule has 16 heavy (non-hydrogen) atoms. The summed E-state index contributed by atoms with van der Waals surface area (Å²) in [5, 5.41) is 11.2. The van der Waals surface area contributed by atoms with E-state index in [9.17, 15) is 4.79 Å². The molecule has 0 aliphatic carbocycles. The Bertz CT molecular complexity index is 362. The van der Waals surface area contributed by atoms with E-state index >= 15 is 0 Å². The fraction of sp³-hybridized carbons (Fsp3) is 0.583. The Balaban J connectivity index is 2.85.